The van der Waals surface area contributed by atoms with Crippen LogP contribution in [0.1, 0.15) is 38.5 Å². The van der Waals surface area contributed by atoms with E-state index < -0.39 is 12.2 Å². The quantitative estimate of drug-likeness (QED) is 0.181. The number of carbonyl (C=O) groups excluding carboxylic acids is 1. The molecule has 1 fully saturated rings. The van der Waals surface area contributed by atoms with Crippen molar-refractivity contribution in [2.75, 3.05) is 0 Å². The summed E-state index contributed by atoms with van der Waals surface area (Å²) < 4.78 is 58.1. The normalized spacial score (nSPS) is 20.3. The molecule has 1 aliphatic rings. The molecule has 0 atom stereocenters. The van der Waals surface area contributed by atoms with Crippen LogP contribution < -0.4 is 9.47 Å². The first-order valence-corrected chi connectivity index (χ1v) is 9.27. The Hall–Kier alpha value is -2.82. The zero-order chi connectivity index (χ0) is 21.3. The Labute approximate surface area is 166 Å². The van der Waals surface area contributed by atoms with Crippen LogP contribution >= 0.6 is 0 Å². The summed E-state index contributed by atoms with van der Waals surface area (Å²) in [6, 6.07) is 6.12. The third kappa shape index (κ3) is 8.38. The maximum absolute atomic E-state index is 12.6. The van der Waals surface area contributed by atoms with Gasteiger partial charge in [-0.15, -0.1) is 13.2 Å². The Morgan fingerprint density at radius 3 is 2.34 bits per heavy atom. The summed E-state index contributed by atoms with van der Waals surface area (Å²) in [4.78, 5) is 12.3. The van der Waals surface area contributed by atoms with E-state index in [0.29, 0.717) is 18.8 Å². The number of halogens is 4. The fraction of sp³-hybridized carbons (Fsp3) is 0.429. The van der Waals surface area contributed by atoms with Gasteiger partial charge in [0, 0.05) is 0 Å². The Morgan fingerprint density at radius 2 is 1.76 bits per heavy atom. The minimum atomic E-state index is -4.77. The fourth-order valence-electron chi connectivity index (χ4n) is 3.21. The molecule has 0 radical (unpaired) electrons. The second kappa shape index (κ2) is 10.6. The zero-order valence-corrected chi connectivity index (χ0v) is 15.6. The van der Waals surface area contributed by atoms with Crippen molar-refractivity contribution < 1.29 is 31.8 Å². The molecule has 0 bridgehead atoms. The molecule has 1 aromatic carbocycles. The van der Waals surface area contributed by atoms with E-state index in [1.807, 2.05) is 6.08 Å². The van der Waals surface area contributed by atoms with Gasteiger partial charge < -0.3 is 9.47 Å². The summed E-state index contributed by atoms with van der Waals surface area (Å²) >= 11 is 0. The molecular weight excluding hydrogens is 390 g/mol. The highest BCUT2D eigenvalue weighted by Gasteiger charge is 2.31. The molecule has 29 heavy (non-hydrogen) atoms. The van der Waals surface area contributed by atoms with E-state index in [1.54, 1.807) is 0 Å². The number of esters is 1. The van der Waals surface area contributed by atoms with E-state index >= 15 is 0 Å². The molecule has 2 rings (SSSR count). The standard InChI is InChI=1S/C21H21F4NO3/c22-17(14-26)5-3-1-2-4-15-6-8-16(9-7-15)20(27)28-18-10-12-19(13-11-18)29-21(23,24)25/h1,3,5,10-13,15-16H,2,4,6-9H2. The monoisotopic (exact) mass is 411 g/mol. The molecule has 156 valence electrons. The lowest BCUT2D eigenvalue weighted by Crippen LogP contribution is -2.25. The molecule has 1 saturated carbocycles. The van der Waals surface area contributed by atoms with Gasteiger partial charge >= 0.3 is 12.3 Å². The van der Waals surface area contributed by atoms with Crippen molar-refractivity contribution in [2.45, 2.75) is 44.9 Å². The predicted molar refractivity (Wildman–Crippen MR) is 97.4 cm³/mol. The summed E-state index contributed by atoms with van der Waals surface area (Å²) in [5, 5.41) is 8.30. The molecule has 0 saturated heterocycles. The van der Waals surface area contributed by atoms with Crippen LogP contribution in [0.4, 0.5) is 17.6 Å². The number of hydrogen-bond donors (Lipinski definition) is 0. The summed E-state index contributed by atoms with van der Waals surface area (Å²) in [6.45, 7) is 0. The van der Waals surface area contributed by atoms with Crippen LogP contribution in [-0.4, -0.2) is 12.3 Å². The van der Waals surface area contributed by atoms with Crippen LogP contribution in [-0.2, 0) is 4.79 Å². The second-order valence-electron chi connectivity index (χ2n) is 6.79. The lowest BCUT2D eigenvalue weighted by molar-refractivity contribution is -0.274. The summed E-state index contributed by atoms with van der Waals surface area (Å²) in [7, 11) is 0. The van der Waals surface area contributed by atoms with Gasteiger partial charge in [0.25, 0.3) is 0 Å². The number of alkyl halides is 3. The van der Waals surface area contributed by atoms with E-state index in [-0.39, 0.29) is 23.4 Å². The maximum atomic E-state index is 12.6. The van der Waals surface area contributed by atoms with E-state index in [1.165, 1.54) is 24.3 Å². The van der Waals surface area contributed by atoms with Gasteiger partial charge in [0.1, 0.15) is 17.6 Å². The van der Waals surface area contributed by atoms with Crippen LogP contribution in [0.25, 0.3) is 0 Å². The maximum Gasteiger partial charge on any atom is 0.573 e. The largest absolute Gasteiger partial charge is 0.573 e. The molecule has 0 unspecified atom stereocenters. The molecule has 0 amide bonds. The summed E-state index contributed by atoms with van der Waals surface area (Å²) in [5.41, 5.74) is 0. The number of allylic oxidation sites excluding steroid dienone is 4. The van der Waals surface area contributed by atoms with Gasteiger partial charge in [0.05, 0.1) is 5.92 Å². The fourth-order valence-corrected chi connectivity index (χ4v) is 3.21. The molecule has 0 spiro atoms. The Kier molecular flexibility index (Phi) is 8.25. The molecular formula is C21H21F4NO3. The topological polar surface area (TPSA) is 59.3 Å². The van der Waals surface area contributed by atoms with Gasteiger partial charge in [0.15, 0.2) is 5.83 Å². The minimum Gasteiger partial charge on any atom is -0.426 e. The van der Waals surface area contributed by atoms with Crippen molar-refractivity contribution in [1.82, 2.24) is 0 Å². The SMILES string of the molecule is N#CC(F)=CC=CCCC1CCC(C(=O)Oc2ccc(OC(F)(F)F)cc2)CC1. The van der Waals surface area contributed by atoms with Crippen LogP contribution in [0.15, 0.2) is 48.3 Å². The average molecular weight is 411 g/mol. The van der Waals surface area contributed by atoms with Crippen molar-refractivity contribution in [3.05, 3.63) is 48.3 Å². The van der Waals surface area contributed by atoms with Crippen LogP contribution in [0.3, 0.4) is 0 Å². The van der Waals surface area contributed by atoms with Crippen molar-refractivity contribution in [3.63, 3.8) is 0 Å². The summed E-state index contributed by atoms with van der Waals surface area (Å²) in [6.07, 6.45) is 4.47. The average Bonchev–Trinajstić information content (AvgIpc) is 2.68. The Bertz CT molecular complexity index is 771. The lowest BCUT2D eigenvalue weighted by Gasteiger charge is -2.26. The number of ether oxygens (including phenoxy) is 2. The van der Waals surface area contributed by atoms with E-state index in [9.17, 15) is 22.4 Å². The number of hydrogen-bond acceptors (Lipinski definition) is 4. The molecule has 1 aromatic rings. The summed E-state index contributed by atoms with van der Waals surface area (Å²) in [5.74, 6) is -1.19. The van der Waals surface area contributed by atoms with E-state index in [2.05, 4.69) is 4.74 Å². The first-order chi connectivity index (χ1) is 13.8. The zero-order valence-electron chi connectivity index (χ0n) is 15.6. The first kappa shape index (κ1) is 22.5. The number of nitriles is 1. The van der Waals surface area contributed by atoms with Crippen LogP contribution in [0, 0.1) is 23.2 Å². The first-order valence-electron chi connectivity index (χ1n) is 9.27. The van der Waals surface area contributed by atoms with Crippen molar-refractivity contribution >= 4 is 5.97 Å². The molecule has 0 heterocycles. The van der Waals surface area contributed by atoms with Gasteiger partial charge in [-0.1, -0.05) is 12.2 Å². The number of nitrogens with zero attached hydrogens (tertiary/aromatic N) is 1. The molecule has 1 aliphatic carbocycles. The van der Waals surface area contributed by atoms with Crippen molar-refractivity contribution in [2.24, 2.45) is 11.8 Å². The van der Waals surface area contributed by atoms with E-state index in [4.69, 9.17) is 10.00 Å². The van der Waals surface area contributed by atoms with Gasteiger partial charge in [0.2, 0.25) is 0 Å². The third-order valence-corrected chi connectivity index (χ3v) is 4.68. The molecule has 0 aliphatic heterocycles. The minimum absolute atomic E-state index is 0.175. The van der Waals surface area contributed by atoms with Crippen molar-refractivity contribution in [3.8, 4) is 17.6 Å². The highest BCUT2D eigenvalue weighted by atomic mass is 19.4. The van der Waals surface area contributed by atoms with Crippen LogP contribution in [0.5, 0.6) is 11.5 Å². The number of benzene rings is 1. The highest BCUT2D eigenvalue weighted by Crippen LogP contribution is 2.33. The second-order valence-corrected chi connectivity index (χ2v) is 6.79. The Balaban J connectivity index is 1.72. The van der Waals surface area contributed by atoms with Gasteiger partial charge in [-0.3, -0.25) is 4.79 Å². The van der Waals surface area contributed by atoms with Gasteiger partial charge in [-0.2, -0.15) is 9.65 Å². The smallest absolute Gasteiger partial charge is 0.426 e. The molecule has 4 nitrogen and oxygen atoms in total. The Morgan fingerprint density at radius 1 is 1.14 bits per heavy atom. The number of rotatable bonds is 7. The third-order valence-electron chi connectivity index (χ3n) is 4.68. The highest BCUT2D eigenvalue weighted by molar-refractivity contribution is 5.75. The molecule has 0 aromatic heterocycles. The van der Waals surface area contributed by atoms with Crippen molar-refractivity contribution in [1.29, 1.82) is 5.26 Å². The number of carbonyl (C=O) groups is 1. The molecule has 0 N–H and O–H groups in total. The van der Waals surface area contributed by atoms with Gasteiger partial charge in [-0.05, 0) is 74.8 Å². The lowest BCUT2D eigenvalue weighted by atomic mass is 9.80. The van der Waals surface area contributed by atoms with Gasteiger partial charge in [-0.25, -0.2) is 0 Å². The van der Waals surface area contributed by atoms with E-state index in [0.717, 1.165) is 43.9 Å². The predicted octanol–water partition coefficient (Wildman–Crippen LogP) is 6.01. The molecule has 8 heteroatoms. The van der Waals surface area contributed by atoms with Crippen LogP contribution in [0.2, 0.25) is 0 Å².